The second kappa shape index (κ2) is 5.39. The highest BCUT2D eigenvalue weighted by Crippen LogP contribution is 2.45. The van der Waals surface area contributed by atoms with Crippen molar-refractivity contribution in [3.05, 3.63) is 65.2 Å². The Kier molecular flexibility index (Phi) is 3.15. The molecule has 1 heterocycles. The van der Waals surface area contributed by atoms with Gasteiger partial charge in [-0.1, -0.05) is 48.5 Å². The van der Waals surface area contributed by atoms with E-state index in [1.807, 2.05) is 12.1 Å². The van der Waals surface area contributed by atoms with Crippen molar-refractivity contribution in [2.45, 2.75) is 18.8 Å². The first-order chi connectivity index (χ1) is 12.2. The van der Waals surface area contributed by atoms with E-state index in [2.05, 4.69) is 47.4 Å². The smallest absolute Gasteiger partial charge is 0.365 e. The molecule has 4 heteroatoms. The SMILES string of the molecule is O=C(O)c1nc2cccc(-c3ccc(C4CC4)c4ccccc34)c2s1. The summed E-state index contributed by atoms with van der Waals surface area (Å²) in [7, 11) is 0. The lowest BCUT2D eigenvalue weighted by Gasteiger charge is -2.11. The van der Waals surface area contributed by atoms with E-state index < -0.39 is 5.97 Å². The fourth-order valence-electron chi connectivity index (χ4n) is 3.56. The molecule has 0 aliphatic heterocycles. The van der Waals surface area contributed by atoms with Gasteiger partial charge >= 0.3 is 5.97 Å². The van der Waals surface area contributed by atoms with Crippen LogP contribution < -0.4 is 0 Å². The number of benzene rings is 3. The Hall–Kier alpha value is -2.72. The van der Waals surface area contributed by atoms with E-state index in [9.17, 15) is 9.90 Å². The number of hydrogen-bond acceptors (Lipinski definition) is 3. The van der Waals surface area contributed by atoms with Gasteiger partial charge in [0.1, 0.15) is 0 Å². The minimum atomic E-state index is -0.971. The molecule has 3 nitrogen and oxygen atoms in total. The first kappa shape index (κ1) is 14.6. The summed E-state index contributed by atoms with van der Waals surface area (Å²) in [4.78, 5) is 15.6. The summed E-state index contributed by atoms with van der Waals surface area (Å²) in [5.74, 6) is -0.280. The highest BCUT2D eigenvalue weighted by Gasteiger charge is 2.26. The van der Waals surface area contributed by atoms with Crippen molar-refractivity contribution in [1.82, 2.24) is 4.98 Å². The normalized spacial score (nSPS) is 14.2. The third-order valence-corrected chi connectivity index (χ3v) is 5.96. The highest BCUT2D eigenvalue weighted by molar-refractivity contribution is 7.20. The van der Waals surface area contributed by atoms with E-state index in [4.69, 9.17) is 0 Å². The molecule has 122 valence electrons. The predicted octanol–water partition coefficient (Wildman–Crippen LogP) is 5.69. The summed E-state index contributed by atoms with van der Waals surface area (Å²) in [6.45, 7) is 0. The van der Waals surface area contributed by atoms with E-state index in [1.165, 1.54) is 40.5 Å². The van der Waals surface area contributed by atoms with Gasteiger partial charge in [-0.05, 0) is 46.7 Å². The van der Waals surface area contributed by atoms with Gasteiger partial charge in [0.25, 0.3) is 0 Å². The molecule has 1 saturated carbocycles. The zero-order valence-electron chi connectivity index (χ0n) is 13.4. The lowest BCUT2D eigenvalue weighted by molar-refractivity contribution is 0.0696. The van der Waals surface area contributed by atoms with E-state index in [1.54, 1.807) is 0 Å². The fraction of sp³-hybridized carbons (Fsp3) is 0.143. The first-order valence-corrected chi connectivity index (χ1v) is 9.19. The van der Waals surface area contributed by atoms with E-state index in [0.29, 0.717) is 5.92 Å². The van der Waals surface area contributed by atoms with Crippen LogP contribution in [0.4, 0.5) is 0 Å². The quantitative estimate of drug-likeness (QED) is 0.519. The molecule has 1 aliphatic rings. The van der Waals surface area contributed by atoms with Crippen molar-refractivity contribution in [2.75, 3.05) is 0 Å². The fourth-order valence-corrected chi connectivity index (χ4v) is 4.49. The first-order valence-electron chi connectivity index (χ1n) is 8.37. The van der Waals surface area contributed by atoms with Crippen LogP contribution in [-0.4, -0.2) is 16.1 Å². The van der Waals surface area contributed by atoms with Crippen LogP contribution in [0.25, 0.3) is 32.1 Å². The molecule has 0 bridgehead atoms. The highest BCUT2D eigenvalue weighted by atomic mass is 32.1. The molecule has 25 heavy (non-hydrogen) atoms. The molecule has 4 aromatic rings. The van der Waals surface area contributed by atoms with Crippen molar-refractivity contribution in [3.63, 3.8) is 0 Å². The Morgan fingerprint density at radius 1 is 0.960 bits per heavy atom. The van der Waals surface area contributed by atoms with Gasteiger partial charge < -0.3 is 5.11 Å². The second-order valence-corrected chi connectivity index (χ2v) is 7.50. The van der Waals surface area contributed by atoms with Gasteiger partial charge in [-0.3, -0.25) is 0 Å². The summed E-state index contributed by atoms with van der Waals surface area (Å²) in [6.07, 6.45) is 2.55. The Morgan fingerprint density at radius 3 is 2.52 bits per heavy atom. The maximum Gasteiger partial charge on any atom is 0.365 e. The number of rotatable bonds is 3. The standard InChI is InChI=1S/C21H15NO2S/c23-21(24)20-22-18-7-3-6-17(19(18)25-20)16-11-10-13(12-8-9-12)14-4-1-2-5-15(14)16/h1-7,10-12H,8-9H2,(H,23,24). The van der Waals surface area contributed by atoms with Gasteiger partial charge in [0.05, 0.1) is 10.2 Å². The number of carbonyl (C=O) groups is 1. The number of nitrogens with zero attached hydrogens (tertiary/aromatic N) is 1. The lowest BCUT2D eigenvalue weighted by Crippen LogP contribution is -1.93. The molecule has 0 saturated heterocycles. The van der Waals surface area contributed by atoms with Crippen LogP contribution in [0.5, 0.6) is 0 Å². The summed E-state index contributed by atoms with van der Waals surface area (Å²) in [5, 5.41) is 11.9. The van der Waals surface area contributed by atoms with E-state index >= 15 is 0 Å². The van der Waals surface area contributed by atoms with Crippen LogP contribution in [-0.2, 0) is 0 Å². The zero-order chi connectivity index (χ0) is 17.0. The van der Waals surface area contributed by atoms with Gasteiger partial charge in [-0.15, -0.1) is 11.3 Å². The molecular weight excluding hydrogens is 330 g/mol. The van der Waals surface area contributed by atoms with Crippen LogP contribution in [0.3, 0.4) is 0 Å². The van der Waals surface area contributed by atoms with E-state index in [-0.39, 0.29) is 5.01 Å². The molecule has 5 rings (SSSR count). The third-order valence-electron chi connectivity index (χ3n) is 4.86. The zero-order valence-corrected chi connectivity index (χ0v) is 14.2. The monoisotopic (exact) mass is 345 g/mol. The number of carboxylic acid groups (broad SMARTS) is 1. The number of aromatic nitrogens is 1. The molecular formula is C21H15NO2S. The topological polar surface area (TPSA) is 50.2 Å². The number of aromatic carboxylic acids is 1. The van der Waals surface area contributed by atoms with Crippen molar-refractivity contribution >= 4 is 38.3 Å². The van der Waals surface area contributed by atoms with Crippen LogP contribution >= 0.6 is 11.3 Å². The third kappa shape index (κ3) is 2.33. The minimum Gasteiger partial charge on any atom is -0.476 e. The van der Waals surface area contributed by atoms with Gasteiger partial charge in [-0.2, -0.15) is 0 Å². The molecule has 1 aliphatic carbocycles. The number of hydrogen-bond donors (Lipinski definition) is 1. The molecule has 0 atom stereocenters. The lowest BCUT2D eigenvalue weighted by atomic mass is 9.93. The van der Waals surface area contributed by atoms with Gasteiger partial charge in [0.2, 0.25) is 5.01 Å². The molecule has 0 unspecified atom stereocenters. The van der Waals surface area contributed by atoms with Crippen molar-refractivity contribution in [3.8, 4) is 11.1 Å². The Balaban J connectivity index is 1.80. The summed E-state index contributed by atoms with van der Waals surface area (Å²) < 4.78 is 0.934. The average molecular weight is 345 g/mol. The van der Waals surface area contributed by atoms with E-state index in [0.717, 1.165) is 21.3 Å². The van der Waals surface area contributed by atoms with Gasteiger partial charge in [0.15, 0.2) is 0 Å². The van der Waals surface area contributed by atoms with Crippen LogP contribution in [0.2, 0.25) is 0 Å². The summed E-state index contributed by atoms with van der Waals surface area (Å²) >= 11 is 1.25. The largest absolute Gasteiger partial charge is 0.476 e. The minimum absolute atomic E-state index is 0.140. The number of thiazole rings is 1. The molecule has 0 spiro atoms. The molecule has 3 aromatic carbocycles. The van der Waals surface area contributed by atoms with Crippen LogP contribution in [0.15, 0.2) is 54.6 Å². The molecule has 1 N–H and O–H groups in total. The molecule has 1 aromatic heterocycles. The molecule has 0 radical (unpaired) electrons. The summed E-state index contributed by atoms with van der Waals surface area (Å²) in [6, 6.07) is 18.8. The Labute approximate surface area is 148 Å². The molecule has 1 fully saturated rings. The maximum absolute atomic E-state index is 11.3. The predicted molar refractivity (Wildman–Crippen MR) is 101 cm³/mol. The van der Waals surface area contributed by atoms with Crippen LogP contribution in [0, 0.1) is 0 Å². The van der Waals surface area contributed by atoms with Crippen molar-refractivity contribution in [2.24, 2.45) is 0 Å². The van der Waals surface area contributed by atoms with Crippen molar-refractivity contribution in [1.29, 1.82) is 0 Å². The Morgan fingerprint density at radius 2 is 1.76 bits per heavy atom. The van der Waals surface area contributed by atoms with Crippen molar-refractivity contribution < 1.29 is 9.90 Å². The Bertz CT molecular complexity index is 1140. The number of carboxylic acids is 1. The second-order valence-electron chi connectivity index (χ2n) is 6.50. The van der Waals surface area contributed by atoms with Gasteiger partial charge in [0, 0.05) is 5.56 Å². The summed E-state index contributed by atoms with van der Waals surface area (Å²) in [5.41, 5.74) is 4.38. The van der Waals surface area contributed by atoms with Crippen LogP contribution in [0.1, 0.15) is 34.1 Å². The average Bonchev–Trinajstić information content (AvgIpc) is 3.37. The molecule has 0 amide bonds. The number of fused-ring (bicyclic) bond motifs is 2. The maximum atomic E-state index is 11.3. The van der Waals surface area contributed by atoms with Gasteiger partial charge in [-0.25, -0.2) is 9.78 Å².